The highest BCUT2D eigenvalue weighted by atomic mass is 35.5. The van der Waals surface area contributed by atoms with Crippen LogP contribution in [0.2, 0.25) is 5.02 Å². The lowest BCUT2D eigenvalue weighted by Crippen LogP contribution is -2.46. The Labute approximate surface area is 116 Å². The predicted octanol–water partition coefficient (Wildman–Crippen LogP) is 1.19. The Morgan fingerprint density at radius 3 is 2.95 bits per heavy atom. The number of carbonyl (C=O) groups is 1. The molecule has 0 spiro atoms. The Hall–Kier alpha value is -1.17. The molecule has 2 atom stereocenters. The van der Waals surface area contributed by atoms with Crippen molar-refractivity contribution in [2.24, 2.45) is 0 Å². The average Bonchev–Trinajstić information content (AvgIpc) is 2.84. The van der Waals surface area contributed by atoms with Gasteiger partial charge < -0.3 is 15.7 Å². The van der Waals surface area contributed by atoms with E-state index in [1.807, 2.05) is 0 Å². The van der Waals surface area contributed by atoms with Crippen LogP contribution in [0.15, 0.2) is 24.3 Å². The van der Waals surface area contributed by atoms with Gasteiger partial charge in [0.15, 0.2) is 0 Å². The molecule has 0 unspecified atom stereocenters. The highest BCUT2D eigenvalue weighted by Crippen LogP contribution is 2.23. The van der Waals surface area contributed by atoms with E-state index in [0.29, 0.717) is 17.1 Å². The van der Waals surface area contributed by atoms with Gasteiger partial charge in [-0.25, -0.2) is 4.39 Å². The third-order valence-corrected chi connectivity index (χ3v) is 3.57. The summed E-state index contributed by atoms with van der Waals surface area (Å²) in [7, 11) is 0. The molecule has 1 aromatic carbocycles. The Morgan fingerprint density at radius 2 is 2.32 bits per heavy atom. The number of amides is 1. The highest BCUT2D eigenvalue weighted by molar-refractivity contribution is 6.31. The second-order valence-electron chi connectivity index (χ2n) is 4.64. The van der Waals surface area contributed by atoms with Crippen LogP contribution in [0.4, 0.5) is 4.39 Å². The van der Waals surface area contributed by atoms with Crippen molar-refractivity contribution in [3.05, 3.63) is 34.9 Å². The molecule has 0 aliphatic carbocycles. The van der Waals surface area contributed by atoms with Crippen LogP contribution in [0, 0.1) is 0 Å². The fourth-order valence-corrected chi connectivity index (χ4v) is 2.32. The van der Waals surface area contributed by atoms with Crippen molar-refractivity contribution in [2.75, 3.05) is 19.6 Å². The molecule has 4 nitrogen and oxygen atoms in total. The average molecular weight is 287 g/mol. The van der Waals surface area contributed by atoms with Gasteiger partial charge >= 0.3 is 0 Å². The summed E-state index contributed by atoms with van der Waals surface area (Å²) in [5.41, 5.74) is -1.36. The maximum absolute atomic E-state index is 14.1. The first kappa shape index (κ1) is 14.2. The number of nitrogens with one attached hydrogen (secondary N) is 2. The van der Waals surface area contributed by atoms with E-state index in [2.05, 4.69) is 10.6 Å². The van der Waals surface area contributed by atoms with Gasteiger partial charge in [0, 0.05) is 30.1 Å². The summed E-state index contributed by atoms with van der Waals surface area (Å²) in [6.45, 7) is 0.437. The number of aliphatic hydroxyl groups is 1. The molecule has 2 rings (SSSR count). The maximum atomic E-state index is 14.1. The summed E-state index contributed by atoms with van der Waals surface area (Å²) in [5, 5.41) is 15.6. The quantitative estimate of drug-likeness (QED) is 0.779. The van der Waals surface area contributed by atoms with Gasteiger partial charge in [-0.2, -0.15) is 0 Å². The molecule has 1 aliphatic rings. The molecule has 1 heterocycles. The van der Waals surface area contributed by atoms with E-state index in [9.17, 15) is 14.3 Å². The topological polar surface area (TPSA) is 61.4 Å². The standard InChI is InChI=1S/C13H16ClFN2O2/c14-10-4-2-1-3-9(10)11(18)7-17-12(19)13(15)5-6-16-8-13/h1-4,11,16,18H,5-8H2,(H,17,19)/t11-,13+/m0/s1. The third kappa shape index (κ3) is 3.23. The molecular weight excluding hydrogens is 271 g/mol. The number of benzene rings is 1. The minimum atomic E-state index is -1.87. The summed E-state index contributed by atoms with van der Waals surface area (Å²) < 4.78 is 14.1. The first-order chi connectivity index (χ1) is 9.03. The molecule has 1 fully saturated rings. The lowest BCUT2D eigenvalue weighted by atomic mass is 10.0. The summed E-state index contributed by atoms with van der Waals surface area (Å²) >= 11 is 5.93. The molecule has 0 saturated carbocycles. The van der Waals surface area contributed by atoms with Crippen LogP contribution in [0.3, 0.4) is 0 Å². The Balaban J connectivity index is 1.92. The molecule has 0 bridgehead atoms. The van der Waals surface area contributed by atoms with Crippen molar-refractivity contribution in [1.82, 2.24) is 10.6 Å². The van der Waals surface area contributed by atoms with Crippen molar-refractivity contribution in [2.45, 2.75) is 18.2 Å². The first-order valence-electron chi connectivity index (χ1n) is 6.13. The largest absolute Gasteiger partial charge is 0.387 e. The first-order valence-corrected chi connectivity index (χ1v) is 6.51. The molecule has 1 amide bonds. The minimum Gasteiger partial charge on any atom is -0.387 e. The van der Waals surface area contributed by atoms with Crippen molar-refractivity contribution < 1.29 is 14.3 Å². The van der Waals surface area contributed by atoms with E-state index in [1.54, 1.807) is 24.3 Å². The zero-order chi connectivity index (χ0) is 13.9. The molecule has 1 aromatic rings. The van der Waals surface area contributed by atoms with Crippen LogP contribution in [0.5, 0.6) is 0 Å². The van der Waals surface area contributed by atoms with Crippen LogP contribution in [0.25, 0.3) is 0 Å². The van der Waals surface area contributed by atoms with Crippen molar-refractivity contribution >= 4 is 17.5 Å². The second-order valence-corrected chi connectivity index (χ2v) is 5.05. The third-order valence-electron chi connectivity index (χ3n) is 3.23. The molecular formula is C13H16ClFN2O2. The number of hydrogen-bond acceptors (Lipinski definition) is 3. The molecule has 1 saturated heterocycles. The molecule has 6 heteroatoms. The Morgan fingerprint density at radius 1 is 1.58 bits per heavy atom. The molecule has 19 heavy (non-hydrogen) atoms. The van der Waals surface area contributed by atoms with Gasteiger partial charge in [-0.1, -0.05) is 29.8 Å². The van der Waals surface area contributed by atoms with Crippen molar-refractivity contribution in [3.8, 4) is 0 Å². The SMILES string of the molecule is O=C(NC[C@H](O)c1ccccc1Cl)[C@@]1(F)CCNC1. The zero-order valence-corrected chi connectivity index (χ0v) is 11.1. The lowest BCUT2D eigenvalue weighted by molar-refractivity contribution is -0.132. The van der Waals surface area contributed by atoms with E-state index in [4.69, 9.17) is 11.6 Å². The van der Waals surface area contributed by atoms with Crippen LogP contribution in [-0.2, 0) is 4.79 Å². The van der Waals surface area contributed by atoms with Gasteiger partial charge in [0.1, 0.15) is 0 Å². The summed E-state index contributed by atoms with van der Waals surface area (Å²) in [6, 6.07) is 6.81. The lowest BCUT2D eigenvalue weighted by Gasteiger charge is -2.19. The molecule has 104 valence electrons. The van der Waals surface area contributed by atoms with Crippen LogP contribution in [-0.4, -0.2) is 36.3 Å². The number of hydrogen-bond donors (Lipinski definition) is 3. The van der Waals surface area contributed by atoms with E-state index in [1.165, 1.54) is 0 Å². The maximum Gasteiger partial charge on any atom is 0.259 e. The van der Waals surface area contributed by atoms with E-state index < -0.39 is 17.7 Å². The van der Waals surface area contributed by atoms with Crippen LogP contribution >= 0.6 is 11.6 Å². The number of rotatable bonds is 4. The fraction of sp³-hybridized carbons (Fsp3) is 0.462. The monoisotopic (exact) mass is 286 g/mol. The normalized spacial score (nSPS) is 24.2. The minimum absolute atomic E-state index is 0.0149. The van der Waals surface area contributed by atoms with Gasteiger partial charge in [-0.05, 0) is 12.6 Å². The Bertz CT molecular complexity index is 464. The highest BCUT2D eigenvalue weighted by Gasteiger charge is 2.41. The summed E-state index contributed by atoms with van der Waals surface area (Å²) in [5.74, 6) is -0.691. The van der Waals surface area contributed by atoms with Crippen LogP contribution in [0.1, 0.15) is 18.1 Å². The smallest absolute Gasteiger partial charge is 0.259 e. The number of carbonyl (C=O) groups excluding carboxylic acids is 1. The van der Waals surface area contributed by atoms with Gasteiger partial charge in [0.05, 0.1) is 6.10 Å². The van der Waals surface area contributed by atoms with Crippen molar-refractivity contribution in [3.63, 3.8) is 0 Å². The summed E-state index contributed by atoms with van der Waals surface area (Å²) in [4.78, 5) is 11.7. The van der Waals surface area contributed by atoms with Crippen molar-refractivity contribution in [1.29, 1.82) is 0 Å². The van der Waals surface area contributed by atoms with Gasteiger partial charge in [0.2, 0.25) is 5.67 Å². The predicted molar refractivity (Wildman–Crippen MR) is 70.7 cm³/mol. The zero-order valence-electron chi connectivity index (χ0n) is 10.3. The van der Waals surface area contributed by atoms with Crippen LogP contribution < -0.4 is 10.6 Å². The molecule has 0 radical (unpaired) electrons. The Kier molecular flexibility index (Phi) is 4.39. The number of alkyl halides is 1. The molecule has 1 aliphatic heterocycles. The number of halogens is 2. The van der Waals surface area contributed by atoms with Gasteiger partial charge in [-0.3, -0.25) is 4.79 Å². The molecule has 0 aromatic heterocycles. The fourth-order valence-electron chi connectivity index (χ4n) is 2.06. The molecule has 3 N–H and O–H groups in total. The van der Waals surface area contributed by atoms with E-state index >= 15 is 0 Å². The van der Waals surface area contributed by atoms with Gasteiger partial charge in [0.25, 0.3) is 5.91 Å². The summed E-state index contributed by atoms with van der Waals surface area (Å²) in [6.07, 6.45) is -0.795. The van der Waals surface area contributed by atoms with Gasteiger partial charge in [-0.15, -0.1) is 0 Å². The second kappa shape index (κ2) is 5.86. The van der Waals surface area contributed by atoms with E-state index in [-0.39, 0.29) is 19.5 Å². The van der Waals surface area contributed by atoms with E-state index in [0.717, 1.165) is 0 Å². The number of aliphatic hydroxyl groups excluding tert-OH is 1.